The van der Waals surface area contributed by atoms with Gasteiger partial charge in [-0.1, -0.05) is 16.8 Å². The van der Waals surface area contributed by atoms with E-state index in [-0.39, 0.29) is 23.1 Å². The molecule has 0 N–H and O–H groups in total. The summed E-state index contributed by atoms with van der Waals surface area (Å²) < 4.78 is 17.3. The standard InChI is InChI=1S/C21H18ClN5O4/c1-12-10-13(2)27(25-12)18-9-8-16(22)19(24-18)21(28)30-11-17-23-20(31-26-17)14-4-6-15(29-3)7-5-14/h4-10H,11H2,1-3H3. The van der Waals surface area contributed by atoms with E-state index in [4.69, 9.17) is 25.6 Å². The first kappa shape index (κ1) is 20.5. The number of pyridine rings is 1. The maximum atomic E-state index is 12.6. The number of carbonyl (C=O) groups excluding carboxylic acids is 1. The molecular formula is C21H18ClN5O4. The lowest BCUT2D eigenvalue weighted by Crippen LogP contribution is -2.12. The summed E-state index contributed by atoms with van der Waals surface area (Å²) in [5.74, 6) is 0.985. The summed E-state index contributed by atoms with van der Waals surface area (Å²) in [5.41, 5.74) is 2.41. The van der Waals surface area contributed by atoms with Crippen molar-refractivity contribution in [1.29, 1.82) is 0 Å². The van der Waals surface area contributed by atoms with Gasteiger partial charge in [0, 0.05) is 11.3 Å². The lowest BCUT2D eigenvalue weighted by molar-refractivity contribution is 0.0453. The van der Waals surface area contributed by atoms with Crippen LogP contribution in [-0.2, 0) is 11.3 Å². The molecule has 0 atom stereocenters. The zero-order chi connectivity index (χ0) is 22.0. The van der Waals surface area contributed by atoms with Gasteiger partial charge in [0.1, 0.15) is 5.75 Å². The zero-order valence-electron chi connectivity index (χ0n) is 17.0. The van der Waals surface area contributed by atoms with Gasteiger partial charge in [-0.2, -0.15) is 10.1 Å². The van der Waals surface area contributed by atoms with Gasteiger partial charge in [0.2, 0.25) is 5.82 Å². The molecule has 0 aliphatic carbocycles. The number of hydrogen-bond acceptors (Lipinski definition) is 8. The van der Waals surface area contributed by atoms with Crippen LogP contribution >= 0.6 is 11.6 Å². The molecule has 1 aromatic carbocycles. The van der Waals surface area contributed by atoms with Crippen molar-refractivity contribution in [2.45, 2.75) is 20.5 Å². The maximum absolute atomic E-state index is 12.6. The number of methoxy groups -OCH3 is 1. The first-order valence-corrected chi connectivity index (χ1v) is 9.66. The molecule has 4 rings (SSSR count). The molecule has 10 heteroatoms. The summed E-state index contributed by atoms with van der Waals surface area (Å²) in [5, 5.41) is 8.37. The number of rotatable bonds is 6. The van der Waals surface area contributed by atoms with Crippen molar-refractivity contribution in [2.24, 2.45) is 0 Å². The smallest absolute Gasteiger partial charge is 0.359 e. The Hall–Kier alpha value is -3.72. The minimum Gasteiger partial charge on any atom is -0.497 e. The summed E-state index contributed by atoms with van der Waals surface area (Å²) >= 11 is 6.16. The second-order valence-corrected chi connectivity index (χ2v) is 7.07. The van der Waals surface area contributed by atoms with Gasteiger partial charge in [-0.25, -0.2) is 14.5 Å². The monoisotopic (exact) mass is 439 g/mol. The Kier molecular flexibility index (Phi) is 5.68. The van der Waals surface area contributed by atoms with E-state index in [0.717, 1.165) is 11.4 Å². The van der Waals surface area contributed by atoms with E-state index in [1.54, 1.807) is 48.2 Å². The van der Waals surface area contributed by atoms with E-state index >= 15 is 0 Å². The molecule has 158 valence electrons. The van der Waals surface area contributed by atoms with E-state index in [0.29, 0.717) is 23.0 Å². The number of nitrogens with zero attached hydrogens (tertiary/aromatic N) is 5. The second kappa shape index (κ2) is 8.57. The first-order valence-electron chi connectivity index (χ1n) is 9.29. The Bertz CT molecular complexity index is 1230. The third-order valence-corrected chi connectivity index (χ3v) is 4.69. The molecule has 0 bridgehead atoms. The summed E-state index contributed by atoms with van der Waals surface area (Å²) in [6.45, 7) is 3.57. The number of aromatic nitrogens is 5. The summed E-state index contributed by atoms with van der Waals surface area (Å²) in [4.78, 5) is 21.1. The molecule has 3 heterocycles. The average Bonchev–Trinajstić information content (AvgIpc) is 3.38. The fourth-order valence-corrected chi connectivity index (χ4v) is 3.10. The average molecular weight is 440 g/mol. The summed E-state index contributed by atoms with van der Waals surface area (Å²) in [7, 11) is 1.59. The van der Waals surface area contributed by atoms with Gasteiger partial charge in [0.25, 0.3) is 5.89 Å². The second-order valence-electron chi connectivity index (χ2n) is 6.66. The van der Waals surface area contributed by atoms with Gasteiger partial charge in [0.05, 0.1) is 17.8 Å². The van der Waals surface area contributed by atoms with Crippen LogP contribution in [0, 0.1) is 13.8 Å². The Morgan fingerprint density at radius 2 is 1.90 bits per heavy atom. The van der Waals surface area contributed by atoms with Gasteiger partial charge in [-0.05, 0) is 56.3 Å². The van der Waals surface area contributed by atoms with Crippen LogP contribution in [-0.4, -0.2) is 38.0 Å². The Morgan fingerprint density at radius 3 is 2.58 bits per heavy atom. The van der Waals surface area contributed by atoms with Crippen LogP contribution in [0.25, 0.3) is 17.3 Å². The molecule has 4 aromatic rings. The molecule has 3 aromatic heterocycles. The normalized spacial score (nSPS) is 10.8. The van der Waals surface area contributed by atoms with Crippen LogP contribution in [0.3, 0.4) is 0 Å². The van der Waals surface area contributed by atoms with Crippen LogP contribution in [0.15, 0.2) is 47.0 Å². The van der Waals surface area contributed by atoms with Crippen molar-refractivity contribution in [3.05, 3.63) is 70.4 Å². The highest BCUT2D eigenvalue weighted by molar-refractivity contribution is 6.33. The molecule has 0 saturated carbocycles. The van der Waals surface area contributed by atoms with Crippen molar-refractivity contribution in [3.8, 4) is 23.0 Å². The van der Waals surface area contributed by atoms with Crippen molar-refractivity contribution < 1.29 is 18.8 Å². The Balaban J connectivity index is 1.47. The molecule has 0 amide bonds. The number of aryl methyl sites for hydroxylation is 2. The third-order valence-electron chi connectivity index (χ3n) is 4.39. The molecular weight excluding hydrogens is 422 g/mol. The highest BCUT2D eigenvalue weighted by Gasteiger charge is 2.18. The van der Waals surface area contributed by atoms with Crippen LogP contribution in [0.5, 0.6) is 5.75 Å². The Labute approximate surface area is 182 Å². The largest absolute Gasteiger partial charge is 0.497 e. The van der Waals surface area contributed by atoms with Crippen LogP contribution in [0.4, 0.5) is 0 Å². The summed E-state index contributed by atoms with van der Waals surface area (Å²) in [6.07, 6.45) is 0. The fourth-order valence-electron chi connectivity index (χ4n) is 2.92. The van der Waals surface area contributed by atoms with Gasteiger partial charge in [-0.15, -0.1) is 0 Å². The van der Waals surface area contributed by atoms with Crippen LogP contribution in [0.1, 0.15) is 27.7 Å². The minimum atomic E-state index is -0.704. The molecule has 0 aliphatic heterocycles. The zero-order valence-corrected chi connectivity index (χ0v) is 17.8. The van der Waals surface area contributed by atoms with Crippen molar-refractivity contribution in [3.63, 3.8) is 0 Å². The quantitative estimate of drug-likeness (QED) is 0.416. The third kappa shape index (κ3) is 4.41. The van der Waals surface area contributed by atoms with E-state index in [2.05, 4.69) is 20.2 Å². The number of hydrogen-bond donors (Lipinski definition) is 0. The SMILES string of the molecule is COc1ccc(-c2nc(COC(=O)c3nc(-n4nc(C)cc4C)ccc3Cl)no2)cc1. The summed E-state index contributed by atoms with van der Waals surface area (Å²) in [6, 6.07) is 12.3. The van der Waals surface area contributed by atoms with E-state index in [1.165, 1.54) is 0 Å². The van der Waals surface area contributed by atoms with E-state index in [1.807, 2.05) is 19.9 Å². The van der Waals surface area contributed by atoms with Crippen molar-refractivity contribution in [1.82, 2.24) is 24.9 Å². The molecule has 0 unspecified atom stereocenters. The highest BCUT2D eigenvalue weighted by Crippen LogP contribution is 2.22. The van der Waals surface area contributed by atoms with Gasteiger partial charge in [-0.3, -0.25) is 0 Å². The van der Waals surface area contributed by atoms with Crippen LogP contribution in [0.2, 0.25) is 5.02 Å². The van der Waals surface area contributed by atoms with Gasteiger partial charge in [0.15, 0.2) is 18.1 Å². The van der Waals surface area contributed by atoms with Gasteiger partial charge < -0.3 is 14.0 Å². The molecule has 0 saturated heterocycles. The number of esters is 1. The molecule has 0 fully saturated rings. The number of benzene rings is 1. The number of ether oxygens (including phenoxy) is 2. The maximum Gasteiger partial charge on any atom is 0.359 e. The predicted octanol–water partition coefficient (Wildman–Crippen LogP) is 3.95. The van der Waals surface area contributed by atoms with Gasteiger partial charge >= 0.3 is 5.97 Å². The van der Waals surface area contributed by atoms with E-state index < -0.39 is 5.97 Å². The molecule has 31 heavy (non-hydrogen) atoms. The minimum absolute atomic E-state index is 0.0226. The Morgan fingerprint density at radius 1 is 1.13 bits per heavy atom. The molecule has 0 spiro atoms. The van der Waals surface area contributed by atoms with E-state index in [9.17, 15) is 4.79 Å². The number of halogens is 1. The predicted molar refractivity (Wildman–Crippen MR) is 111 cm³/mol. The highest BCUT2D eigenvalue weighted by atomic mass is 35.5. The van der Waals surface area contributed by atoms with Crippen LogP contribution < -0.4 is 4.74 Å². The van der Waals surface area contributed by atoms with Crippen molar-refractivity contribution >= 4 is 17.6 Å². The lowest BCUT2D eigenvalue weighted by Gasteiger charge is -2.07. The topological polar surface area (TPSA) is 105 Å². The molecule has 9 nitrogen and oxygen atoms in total. The number of carbonyl (C=O) groups is 1. The first-order chi connectivity index (χ1) is 14.9. The van der Waals surface area contributed by atoms with Crippen molar-refractivity contribution in [2.75, 3.05) is 7.11 Å². The fraction of sp³-hybridized carbons (Fsp3) is 0.190. The molecule has 0 radical (unpaired) electrons. The lowest BCUT2D eigenvalue weighted by atomic mass is 10.2. The molecule has 0 aliphatic rings.